The van der Waals surface area contributed by atoms with E-state index < -0.39 is 0 Å². The number of nitrogens with zero attached hydrogens (tertiary/aromatic N) is 2. The molecule has 12 heavy (non-hydrogen) atoms. The van der Waals surface area contributed by atoms with Crippen molar-refractivity contribution in [1.29, 1.82) is 0 Å². The fraction of sp³-hybridized carbons (Fsp3) is 0.143. The molecular weight excluding hydrogens is 160 g/mol. The van der Waals surface area contributed by atoms with E-state index in [9.17, 15) is 5.21 Å². The van der Waals surface area contributed by atoms with Gasteiger partial charge in [0.25, 0.3) is 0 Å². The van der Waals surface area contributed by atoms with Gasteiger partial charge in [-0.15, -0.1) is 0 Å². The van der Waals surface area contributed by atoms with Gasteiger partial charge in [-0.1, -0.05) is 17.0 Å². The number of benzene rings is 1. The number of hydroxylamine groups is 1. The van der Waals surface area contributed by atoms with Crippen LogP contribution in [0.15, 0.2) is 29.5 Å². The number of hydrogen-bond acceptors (Lipinski definition) is 3. The summed E-state index contributed by atoms with van der Waals surface area (Å²) in [5.41, 5.74) is 0.586. The number of hydrogen-bond donors (Lipinski definition) is 2. The molecule has 1 aromatic carbocycles. The summed E-state index contributed by atoms with van der Waals surface area (Å²) in [6.45, 7) is -0.0785. The van der Waals surface area contributed by atoms with Crippen molar-refractivity contribution >= 4 is 0 Å². The Morgan fingerprint density at radius 3 is 2.83 bits per heavy atom. The van der Waals surface area contributed by atoms with Crippen LogP contribution in [0.5, 0.6) is 5.75 Å². The fourth-order valence-corrected chi connectivity index (χ4v) is 0.843. The normalized spacial score (nSPS) is 11.5. The zero-order chi connectivity index (χ0) is 8.97. The van der Waals surface area contributed by atoms with Crippen molar-refractivity contribution in [2.45, 2.75) is 6.54 Å². The molecule has 0 unspecified atom stereocenters. The summed E-state index contributed by atoms with van der Waals surface area (Å²) in [6, 6.07) is 6.18. The molecule has 0 aromatic heterocycles. The molecule has 0 bridgehead atoms. The molecule has 0 aliphatic rings. The van der Waals surface area contributed by atoms with E-state index in [0.29, 0.717) is 5.56 Å². The van der Waals surface area contributed by atoms with Crippen molar-refractivity contribution in [1.82, 2.24) is 0 Å². The molecule has 0 amide bonds. The van der Waals surface area contributed by atoms with Gasteiger partial charge in [0.05, 0.1) is 0 Å². The van der Waals surface area contributed by atoms with Gasteiger partial charge in [-0.25, -0.2) is 0 Å². The van der Waals surface area contributed by atoms with Crippen molar-refractivity contribution in [2.75, 3.05) is 0 Å². The first-order valence-corrected chi connectivity index (χ1v) is 3.30. The first-order valence-electron chi connectivity index (χ1n) is 3.30. The van der Waals surface area contributed by atoms with Gasteiger partial charge in [-0.2, -0.15) is 0 Å². The Hall–Kier alpha value is -1.78. The molecule has 64 valence electrons. The van der Waals surface area contributed by atoms with Gasteiger partial charge in [-0.05, 0) is 12.1 Å². The minimum atomic E-state index is -0.0785. The molecule has 0 aliphatic heterocycles. The lowest BCUT2D eigenvalue weighted by Crippen LogP contribution is -1.99. The zero-order valence-corrected chi connectivity index (χ0v) is 6.21. The predicted molar refractivity (Wildman–Crippen MR) is 39.7 cm³/mol. The minimum Gasteiger partial charge on any atom is -0.597 e. The Balaban J connectivity index is 2.76. The van der Waals surface area contributed by atoms with E-state index in [1.165, 1.54) is 12.1 Å². The summed E-state index contributed by atoms with van der Waals surface area (Å²) in [7, 11) is 0. The highest BCUT2D eigenvalue weighted by Gasteiger charge is 2.00. The van der Waals surface area contributed by atoms with E-state index in [-0.39, 0.29) is 17.2 Å². The van der Waals surface area contributed by atoms with Gasteiger partial charge in [-0.3, -0.25) is 0 Å². The monoisotopic (exact) mass is 168 g/mol. The van der Waals surface area contributed by atoms with Crippen LogP contribution in [0.1, 0.15) is 5.56 Å². The molecule has 0 heterocycles. The maximum atomic E-state index is 10.5. The van der Waals surface area contributed by atoms with E-state index in [2.05, 4.69) is 5.28 Å². The van der Waals surface area contributed by atoms with Gasteiger partial charge >= 0.3 is 0 Å². The molecule has 1 rings (SSSR count). The molecule has 0 atom stereocenters. The van der Waals surface area contributed by atoms with E-state index >= 15 is 0 Å². The van der Waals surface area contributed by atoms with Crippen LogP contribution in [0.3, 0.4) is 0 Å². The summed E-state index contributed by atoms with van der Waals surface area (Å²) in [6.07, 6.45) is 0. The predicted octanol–water partition coefficient (Wildman–Crippen LogP) is 1.24. The standard InChI is InChI=1S/C7H8N2O3/c10-7-3-1-2-6(4-7)5-9(12)8-11/h1-4,10-11H,5H2/b9-8-. The third-order valence-corrected chi connectivity index (χ3v) is 1.33. The summed E-state index contributed by atoms with van der Waals surface area (Å²) >= 11 is 0. The second kappa shape index (κ2) is 3.56. The maximum absolute atomic E-state index is 10.5. The molecule has 0 radical (unpaired) electrons. The molecular formula is C7H8N2O3. The van der Waals surface area contributed by atoms with Crippen molar-refractivity contribution < 1.29 is 15.2 Å². The fourth-order valence-electron chi connectivity index (χ4n) is 0.843. The van der Waals surface area contributed by atoms with Crippen LogP contribution in [0.2, 0.25) is 0 Å². The summed E-state index contributed by atoms with van der Waals surface area (Å²) in [5.74, 6) is 0.0823. The van der Waals surface area contributed by atoms with Crippen LogP contribution in [0, 0.1) is 5.21 Å². The second-order valence-corrected chi connectivity index (χ2v) is 2.27. The highest BCUT2D eigenvalue weighted by Crippen LogP contribution is 2.11. The Morgan fingerprint density at radius 1 is 1.50 bits per heavy atom. The zero-order valence-electron chi connectivity index (χ0n) is 6.21. The number of phenols is 1. The van der Waals surface area contributed by atoms with E-state index in [1.54, 1.807) is 12.1 Å². The van der Waals surface area contributed by atoms with Crippen LogP contribution in [0.25, 0.3) is 0 Å². The number of rotatable bonds is 2. The molecule has 0 spiro atoms. The largest absolute Gasteiger partial charge is 0.597 e. The smallest absolute Gasteiger partial charge is 0.209 e. The molecule has 0 fully saturated rings. The average Bonchev–Trinajstić information content (AvgIpc) is 2.04. The summed E-state index contributed by atoms with van der Waals surface area (Å²) in [4.78, 5) is 0.120. The molecule has 2 N–H and O–H groups in total. The average molecular weight is 168 g/mol. The van der Waals surface area contributed by atoms with Crippen molar-refractivity contribution in [3.8, 4) is 5.75 Å². The van der Waals surface area contributed by atoms with Crippen LogP contribution >= 0.6 is 0 Å². The van der Waals surface area contributed by atoms with Gasteiger partial charge in [0, 0.05) is 5.56 Å². The second-order valence-electron chi connectivity index (χ2n) is 2.27. The Kier molecular flexibility index (Phi) is 2.47. The highest BCUT2D eigenvalue weighted by molar-refractivity contribution is 5.26. The van der Waals surface area contributed by atoms with Crippen molar-refractivity contribution in [3.05, 3.63) is 35.0 Å². The van der Waals surface area contributed by atoms with Gasteiger partial charge in [0.15, 0.2) is 5.28 Å². The Morgan fingerprint density at radius 2 is 2.25 bits per heavy atom. The third kappa shape index (κ3) is 2.12. The van der Waals surface area contributed by atoms with E-state index in [1.807, 2.05) is 0 Å². The summed E-state index contributed by atoms with van der Waals surface area (Å²) in [5, 5.41) is 29.9. The quantitative estimate of drug-likeness (QED) is 0.396. The van der Waals surface area contributed by atoms with Crippen LogP contribution in [-0.2, 0) is 6.54 Å². The number of phenolic OH excluding ortho intramolecular Hbond substituents is 1. The maximum Gasteiger partial charge on any atom is 0.209 e. The minimum absolute atomic E-state index is 0.0785. The van der Waals surface area contributed by atoms with Crippen LogP contribution in [0.4, 0.5) is 0 Å². The van der Waals surface area contributed by atoms with Crippen LogP contribution in [-0.4, -0.2) is 15.2 Å². The SMILES string of the molecule is [O-]/[N+](Cc1cccc(O)c1)=N\O. The van der Waals surface area contributed by atoms with Crippen molar-refractivity contribution in [3.63, 3.8) is 0 Å². The first-order chi connectivity index (χ1) is 5.72. The lowest BCUT2D eigenvalue weighted by Gasteiger charge is -1.98. The Labute approximate surface area is 68.7 Å². The molecule has 0 aliphatic carbocycles. The lowest BCUT2D eigenvalue weighted by molar-refractivity contribution is -0.570. The van der Waals surface area contributed by atoms with Gasteiger partial charge in [0.2, 0.25) is 6.54 Å². The topological polar surface area (TPSA) is 78.9 Å². The third-order valence-electron chi connectivity index (χ3n) is 1.33. The summed E-state index contributed by atoms with van der Waals surface area (Å²) < 4.78 is 0. The van der Waals surface area contributed by atoms with Gasteiger partial charge in [0.1, 0.15) is 5.75 Å². The number of aromatic hydroxyl groups is 1. The molecule has 1 aromatic rings. The van der Waals surface area contributed by atoms with E-state index in [4.69, 9.17) is 10.3 Å². The Bertz CT molecular complexity index is 298. The molecule has 0 saturated heterocycles. The molecule has 5 heteroatoms. The van der Waals surface area contributed by atoms with E-state index in [0.717, 1.165) is 0 Å². The molecule has 5 nitrogen and oxygen atoms in total. The van der Waals surface area contributed by atoms with Gasteiger partial charge < -0.3 is 15.5 Å². The highest BCUT2D eigenvalue weighted by atomic mass is 16.6. The molecule has 0 saturated carbocycles. The first kappa shape index (κ1) is 8.32. The van der Waals surface area contributed by atoms with Crippen LogP contribution < -0.4 is 0 Å². The lowest BCUT2D eigenvalue weighted by atomic mass is 10.2. The van der Waals surface area contributed by atoms with Crippen molar-refractivity contribution in [2.24, 2.45) is 5.28 Å².